The van der Waals surface area contributed by atoms with Crippen molar-refractivity contribution in [1.82, 2.24) is 14.8 Å². The molecule has 5 rings (SSSR count). The molecule has 0 spiro atoms. The Morgan fingerprint density at radius 1 is 1.00 bits per heavy atom. The molecule has 8 heteroatoms. The fourth-order valence-electron chi connectivity index (χ4n) is 3.73. The second-order valence-corrected chi connectivity index (χ2v) is 8.99. The molecule has 164 valence electrons. The van der Waals surface area contributed by atoms with Gasteiger partial charge in [-0.25, -0.2) is 0 Å². The van der Waals surface area contributed by atoms with Crippen LogP contribution in [0, 0.1) is 0 Å². The zero-order chi connectivity index (χ0) is 22.8. The van der Waals surface area contributed by atoms with Crippen molar-refractivity contribution in [3.05, 3.63) is 88.9 Å². The first-order chi connectivity index (χ1) is 16.1. The van der Waals surface area contributed by atoms with E-state index in [4.69, 9.17) is 11.6 Å². The molecular weight excluding hydrogens is 456 g/mol. The summed E-state index contributed by atoms with van der Waals surface area (Å²) in [6, 6.07) is 22.7. The van der Waals surface area contributed by atoms with E-state index in [9.17, 15) is 9.59 Å². The van der Waals surface area contributed by atoms with Gasteiger partial charge in [-0.05, 0) is 66.6 Å². The zero-order valence-corrected chi connectivity index (χ0v) is 19.1. The molecule has 0 unspecified atom stereocenters. The molecule has 1 amide bonds. The average Bonchev–Trinajstić information content (AvgIpc) is 3.27. The van der Waals surface area contributed by atoms with Gasteiger partial charge in [-0.3, -0.25) is 14.2 Å². The van der Waals surface area contributed by atoms with Crippen LogP contribution < -0.4 is 5.32 Å². The van der Waals surface area contributed by atoms with Crippen LogP contribution in [0.2, 0.25) is 5.02 Å². The number of halogens is 1. The van der Waals surface area contributed by atoms with E-state index < -0.39 is 0 Å². The Kier molecular flexibility index (Phi) is 5.98. The number of nitrogens with zero attached hydrogens (tertiary/aromatic N) is 3. The number of aryl methyl sites for hydroxylation is 1. The van der Waals surface area contributed by atoms with Gasteiger partial charge in [-0.2, -0.15) is 0 Å². The van der Waals surface area contributed by atoms with Gasteiger partial charge in [0.1, 0.15) is 0 Å². The van der Waals surface area contributed by atoms with Crippen LogP contribution in [0.4, 0.5) is 5.69 Å². The highest BCUT2D eigenvalue weighted by atomic mass is 35.5. The van der Waals surface area contributed by atoms with Crippen LogP contribution in [-0.4, -0.2) is 32.2 Å². The van der Waals surface area contributed by atoms with Crippen molar-refractivity contribution in [3.8, 4) is 17.1 Å². The lowest BCUT2D eigenvalue weighted by Gasteiger charge is -2.17. The Balaban J connectivity index is 1.41. The Bertz CT molecular complexity index is 1340. The summed E-state index contributed by atoms with van der Waals surface area (Å²) in [6.45, 7) is 0. The second kappa shape index (κ2) is 9.21. The molecule has 6 nitrogen and oxygen atoms in total. The van der Waals surface area contributed by atoms with Crippen LogP contribution >= 0.6 is 23.4 Å². The SMILES string of the molecule is O=C1CCc2cc(C(=O)CSc3nnc(-c4ccc(Cl)cc4)n3-c3ccccc3)ccc2N1. The van der Waals surface area contributed by atoms with E-state index in [0.29, 0.717) is 34.4 Å². The number of aromatic nitrogens is 3. The monoisotopic (exact) mass is 474 g/mol. The second-order valence-electron chi connectivity index (χ2n) is 7.62. The van der Waals surface area contributed by atoms with E-state index in [1.807, 2.05) is 65.2 Å². The van der Waals surface area contributed by atoms with Gasteiger partial charge < -0.3 is 5.32 Å². The molecular formula is C25H19ClN4O2S. The van der Waals surface area contributed by atoms with Gasteiger partial charge in [-0.1, -0.05) is 41.6 Å². The smallest absolute Gasteiger partial charge is 0.224 e. The number of nitrogens with one attached hydrogen (secondary N) is 1. The Hall–Kier alpha value is -3.42. The van der Waals surface area contributed by atoms with E-state index in [1.54, 1.807) is 12.1 Å². The van der Waals surface area contributed by atoms with Crippen molar-refractivity contribution >= 4 is 40.7 Å². The van der Waals surface area contributed by atoms with Gasteiger partial charge >= 0.3 is 0 Å². The van der Waals surface area contributed by atoms with Gasteiger partial charge in [0.05, 0.1) is 5.75 Å². The van der Waals surface area contributed by atoms with Crippen LogP contribution in [0.5, 0.6) is 0 Å². The molecule has 33 heavy (non-hydrogen) atoms. The number of Topliss-reactive ketones (excluding diaryl/α,β-unsaturated/α-hetero) is 1. The van der Waals surface area contributed by atoms with Crippen molar-refractivity contribution in [3.63, 3.8) is 0 Å². The summed E-state index contributed by atoms with van der Waals surface area (Å²) in [5, 5.41) is 12.9. The molecule has 1 aliphatic heterocycles. The zero-order valence-electron chi connectivity index (χ0n) is 17.5. The topological polar surface area (TPSA) is 76.9 Å². The minimum Gasteiger partial charge on any atom is -0.326 e. The molecule has 4 aromatic rings. The third-order valence-corrected chi connectivity index (χ3v) is 6.59. The van der Waals surface area contributed by atoms with E-state index in [0.717, 1.165) is 22.5 Å². The van der Waals surface area contributed by atoms with Gasteiger partial charge in [0, 0.05) is 33.9 Å². The number of fused-ring (bicyclic) bond motifs is 1. The lowest BCUT2D eigenvalue weighted by molar-refractivity contribution is -0.116. The van der Waals surface area contributed by atoms with Gasteiger partial charge in [0.25, 0.3) is 0 Å². The van der Waals surface area contributed by atoms with Gasteiger partial charge in [-0.15, -0.1) is 10.2 Å². The maximum atomic E-state index is 12.9. The van der Waals surface area contributed by atoms with Crippen LogP contribution in [0.3, 0.4) is 0 Å². The predicted molar refractivity (Wildman–Crippen MR) is 130 cm³/mol. The van der Waals surface area contributed by atoms with E-state index in [2.05, 4.69) is 15.5 Å². The van der Waals surface area contributed by atoms with E-state index in [-0.39, 0.29) is 17.4 Å². The number of hydrogen-bond donors (Lipinski definition) is 1. The standard InChI is InChI=1S/C25H19ClN4O2S/c26-19-10-6-16(7-11-19)24-28-29-25(30(24)20-4-2-1-3-5-20)33-15-22(31)18-8-12-21-17(14-18)9-13-23(32)27-21/h1-8,10-12,14H,9,13,15H2,(H,27,32). The highest BCUT2D eigenvalue weighted by Crippen LogP contribution is 2.30. The quantitative estimate of drug-likeness (QED) is 0.297. The molecule has 0 radical (unpaired) electrons. The molecule has 1 aliphatic rings. The number of hydrogen-bond acceptors (Lipinski definition) is 5. The first kappa shape index (κ1) is 21.4. The maximum Gasteiger partial charge on any atom is 0.224 e. The van der Waals surface area contributed by atoms with Crippen molar-refractivity contribution in [1.29, 1.82) is 0 Å². The molecule has 0 fully saturated rings. The Morgan fingerprint density at radius 3 is 2.58 bits per heavy atom. The summed E-state index contributed by atoms with van der Waals surface area (Å²) in [4.78, 5) is 24.5. The number of amides is 1. The average molecular weight is 475 g/mol. The lowest BCUT2D eigenvalue weighted by atomic mass is 9.99. The number of ketones is 1. The first-order valence-electron chi connectivity index (χ1n) is 10.4. The summed E-state index contributed by atoms with van der Waals surface area (Å²) in [5.74, 6) is 0.901. The molecule has 2 heterocycles. The fraction of sp³-hybridized carbons (Fsp3) is 0.120. The Labute approximate surface area is 200 Å². The number of para-hydroxylation sites is 1. The number of anilines is 1. The van der Waals surface area contributed by atoms with E-state index in [1.165, 1.54) is 11.8 Å². The van der Waals surface area contributed by atoms with Crippen LogP contribution in [0.1, 0.15) is 22.3 Å². The Morgan fingerprint density at radius 2 is 1.79 bits per heavy atom. The summed E-state index contributed by atoms with van der Waals surface area (Å²) in [6.07, 6.45) is 1.08. The third kappa shape index (κ3) is 4.55. The molecule has 3 aromatic carbocycles. The molecule has 1 N–H and O–H groups in total. The minimum absolute atomic E-state index is 0.00430. The normalized spacial score (nSPS) is 12.8. The highest BCUT2D eigenvalue weighted by molar-refractivity contribution is 7.99. The van der Waals surface area contributed by atoms with Gasteiger partial charge in [0.2, 0.25) is 5.91 Å². The molecule has 0 aliphatic carbocycles. The largest absolute Gasteiger partial charge is 0.326 e. The number of benzene rings is 3. The lowest BCUT2D eigenvalue weighted by Crippen LogP contribution is -2.19. The number of carbonyl (C=O) groups excluding carboxylic acids is 2. The first-order valence-corrected chi connectivity index (χ1v) is 11.8. The molecule has 1 aromatic heterocycles. The predicted octanol–water partition coefficient (Wildman–Crippen LogP) is 5.45. The van der Waals surface area contributed by atoms with Crippen molar-refractivity contribution in [2.24, 2.45) is 0 Å². The number of rotatable bonds is 6. The van der Waals surface area contributed by atoms with Crippen LogP contribution in [0.25, 0.3) is 17.1 Å². The number of thioether (sulfide) groups is 1. The summed E-state index contributed by atoms with van der Waals surface area (Å²) < 4.78 is 1.95. The number of carbonyl (C=O) groups is 2. The van der Waals surface area contributed by atoms with Crippen LogP contribution in [-0.2, 0) is 11.2 Å². The molecule has 0 saturated heterocycles. The maximum absolute atomic E-state index is 12.9. The highest BCUT2D eigenvalue weighted by Gasteiger charge is 2.20. The fourth-order valence-corrected chi connectivity index (χ4v) is 4.70. The van der Waals surface area contributed by atoms with Crippen molar-refractivity contribution < 1.29 is 9.59 Å². The summed E-state index contributed by atoms with van der Waals surface area (Å²) in [5.41, 5.74) is 4.19. The molecule has 0 atom stereocenters. The molecule has 0 saturated carbocycles. The van der Waals surface area contributed by atoms with Crippen molar-refractivity contribution in [2.75, 3.05) is 11.1 Å². The van der Waals surface area contributed by atoms with Gasteiger partial charge in [0.15, 0.2) is 16.8 Å². The van der Waals surface area contributed by atoms with E-state index >= 15 is 0 Å². The van der Waals surface area contributed by atoms with Crippen LogP contribution in [0.15, 0.2) is 78.0 Å². The summed E-state index contributed by atoms with van der Waals surface area (Å²) in [7, 11) is 0. The third-order valence-electron chi connectivity index (χ3n) is 5.41. The molecule has 0 bridgehead atoms. The minimum atomic E-state index is -0.00430. The summed E-state index contributed by atoms with van der Waals surface area (Å²) >= 11 is 7.40. The van der Waals surface area contributed by atoms with Crippen molar-refractivity contribution in [2.45, 2.75) is 18.0 Å².